The Morgan fingerprint density at radius 3 is 3.00 bits per heavy atom. The molecular weight excluding hydrogens is 136 g/mol. The van der Waals surface area contributed by atoms with E-state index >= 15 is 0 Å². The van der Waals surface area contributed by atoms with Crippen LogP contribution in [0.2, 0.25) is 0 Å². The largest absolute Gasteiger partial charge is 0.242 e. The Balaban J connectivity index is 2.85. The van der Waals surface area contributed by atoms with Crippen molar-refractivity contribution in [2.75, 3.05) is 0 Å². The van der Waals surface area contributed by atoms with Gasteiger partial charge in [0.25, 0.3) is 0 Å². The second kappa shape index (κ2) is 3.72. The first-order valence-electron chi connectivity index (χ1n) is 3.73. The Morgan fingerprint density at radius 2 is 2.36 bits per heavy atom. The predicted molar refractivity (Wildman–Crippen MR) is 42.9 cm³/mol. The van der Waals surface area contributed by atoms with Gasteiger partial charge in [-0.25, -0.2) is 4.98 Å². The van der Waals surface area contributed by atoms with Crippen molar-refractivity contribution < 1.29 is 0 Å². The highest BCUT2D eigenvalue weighted by Crippen LogP contribution is 2.00. The third-order valence-electron chi connectivity index (χ3n) is 1.43. The van der Waals surface area contributed by atoms with Gasteiger partial charge in [0.05, 0.1) is 0 Å². The predicted octanol–water partition coefficient (Wildman–Crippen LogP) is 1.91. The zero-order valence-electron chi connectivity index (χ0n) is 6.54. The highest BCUT2D eigenvalue weighted by atomic mass is 14.7. The highest BCUT2D eigenvalue weighted by molar-refractivity contribution is 5.22. The van der Waals surface area contributed by atoms with Crippen molar-refractivity contribution in [1.82, 2.24) is 4.98 Å². The molecule has 0 aromatic carbocycles. The first-order chi connectivity index (χ1) is 5.36. The topological polar surface area (TPSA) is 36.7 Å². The van der Waals surface area contributed by atoms with Gasteiger partial charge in [-0.05, 0) is 18.6 Å². The van der Waals surface area contributed by atoms with E-state index in [2.05, 4.69) is 11.9 Å². The van der Waals surface area contributed by atoms with Gasteiger partial charge in [-0.15, -0.1) is 0 Å². The monoisotopic (exact) mass is 146 g/mol. The molecule has 0 radical (unpaired) electrons. The van der Waals surface area contributed by atoms with Gasteiger partial charge in [0.15, 0.2) is 0 Å². The molecule has 0 aliphatic heterocycles. The molecule has 0 amide bonds. The summed E-state index contributed by atoms with van der Waals surface area (Å²) in [4.78, 5) is 4.12. The molecule has 0 bridgehead atoms. The fourth-order valence-electron chi connectivity index (χ4n) is 0.937. The fraction of sp³-hybridized carbons (Fsp3) is 0.333. The lowest BCUT2D eigenvalue weighted by Crippen LogP contribution is -1.90. The van der Waals surface area contributed by atoms with Crippen molar-refractivity contribution in [2.24, 2.45) is 0 Å². The molecule has 1 heterocycles. The molecule has 0 saturated heterocycles. The van der Waals surface area contributed by atoms with Gasteiger partial charge in [-0.1, -0.05) is 19.4 Å². The van der Waals surface area contributed by atoms with Gasteiger partial charge in [0.2, 0.25) is 0 Å². The Hall–Kier alpha value is -1.36. The molecular formula is C9H10N2. The van der Waals surface area contributed by atoms with E-state index in [1.54, 1.807) is 6.07 Å². The van der Waals surface area contributed by atoms with Gasteiger partial charge in [0, 0.05) is 5.69 Å². The number of nitriles is 1. The maximum absolute atomic E-state index is 8.52. The van der Waals surface area contributed by atoms with E-state index in [0.717, 1.165) is 18.5 Å². The van der Waals surface area contributed by atoms with Gasteiger partial charge in [-0.2, -0.15) is 5.26 Å². The summed E-state index contributed by atoms with van der Waals surface area (Å²) in [5, 5.41) is 8.52. The molecule has 0 aliphatic rings. The summed E-state index contributed by atoms with van der Waals surface area (Å²) in [6.45, 7) is 2.10. The number of hydrogen-bond donors (Lipinski definition) is 0. The molecule has 1 aromatic rings. The minimum Gasteiger partial charge on any atom is -0.242 e. The van der Waals surface area contributed by atoms with Crippen molar-refractivity contribution in [3.8, 4) is 6.07 Å². The Morgan fingerprint density at radius 1 is 1.55 bits per heavy atom. The molecule has 0 spiro atoms. The molecule has 0 N–H and O–H groups in total. The van der Waals surface area contributed by atoms with Crippen molar-refractivity contribution >= 4 is 0 Å². The van der Waals surface area contributed by atoms with E-state index in [-0.39, 0.29) is 0 Å². The van der Waals surface area contributed by atoms with E-state index in [0.29, 0.717) is 5.69 Å². The van der Waals surface area contributed by atoms with E-state index < -0.39 is 0 Å². The molecule has 0 unspecified atom stereocenters. The second-order valence-electron chi connectivity index (χ2n) is 2.38. The quantitative estimate of drug-likeness (QED) is 0.639. The number of hydrogen-bond acceptors (Lipinski definition) is 2. The molecule has 2 heteroatoms. The van der Waals surface area contributed by atoms with Crippen LogP contribution in [0, 0.1) is 11.3 Å². The second-order valence-corrected chi connectivity index (χ2v) is 2.38. The van der Waals surface area contributed by atoms with Crippen LogP contribution in [0.25, 0.3) is 0 Å². The summed E-state index contributed by atoms with van der Waals surface area (Å²) in [7, 11) is 0. The number of rotatable bonds is 2. The molecule has 0 aliphatic carbocycles. The summed E-state index contributed by atoms with van der Waals surface area (Å²) in [6, 6.07) is 7.56. The van der Waals surface area contributed by atoms with E-state index in [4.69, 9.17) is 5.26 Å². The molecule has 11 heavy (non-hydrogen) atoms. The van der Waals surface area contributed by atoms with Crippen LogP contribution in [0.4, 0.5) is 0 Å². The van der Waals surface area contributed by atoms with Crippen LogP contribution in [-0.2, 0) is 6.42 Å². The van der Waals surface area contributed by atoms with Crippen LogP contribution in [-0.4, -0.2) is 4.98 Å². The summed E-state index contributed by atoms with van der Waals surface area (Å²) in [5.41, 5.74) is 1.52. The third-order valence-corrected chi connectivity index (χ3v) is 1.43. The number of aromatic nitrogens is 1. The Kier molecular flexibility index (Phi) is 2.62. The summed E-state index contributed by atoms with van der Waals surface area (Å²) in [5.74, 6) is 0. The standard InChI is InChI=1S/C9H10N2/c1-2-4-8-5-3-6-9(7-10)11-8/h3,5-6H,2,4H2,1H3. The molecule has 1 aromatic heterocycles. The van der Waals surface area contributed by atoms with E-state index in [1.165, 1.54) is 0 Å². The minimum atomic E-state index is 0.510. The summed E-state index contributed by atoms with van der Waals surface area (Å²) < 4.78 is 0. The smallest absolute Gasteiger partial charge is 0.140 e. The number of aryl methyl sites for hydroxylation is 1. The van der Waals surface area contributed by atoms with Gasteiger partial charge < -0.3 is 0 Å². The molecule has 0 atom stereocenters. The summed E-state index contributed by atoms with van der Waals surface area (Å²) in [6.07, 6.45) is 2.03. The first-order valence-corrected chi connectivity index (χ1v) is 3.73. The van der Waals surface area contributed by atoms with Gasteiger partial charge in [-0.3, -0.25) is 0 Å². The van der Waals surface area contributed by atoms with Crippen LogP contribution < -0.4 is 0 Å². The van der Waals surface area contributed by atoms with Crippen LogP contribution in [0.1, 0.15) is 24.7 Å². The van der Waals surface area contributed by atoms with Crippen LogP contribution in [0.5, 0.6) is 0 Å². The third kappa shape index (κ3) is 2.05. The van der Waals surface area contributed by atoms with E-state index in [9.17, 15) is 0 Å². The highest BCUT2D eigenvalue weighted by Gasteiger charge is 1.93. The zero-order valence-corrected chi connectivity index (χ0v) is 6.54. The van der Waals surface area contributed by atoms with E-state index in [1.807, 2.05) is 18.2 Å². The number of nitrogens with zero attached hydrogens (tertiary/aromatic N) is 2. The molecule has 2 nitrogen and oxygen atoms in total. The Bertz CT molecular complexity index is 273. The summed E-state index contributed by atoms with van der Waals surface area (Å²) >= 11 is 0. The normalized spacial score (nSPS) is 9.09. The molecule has 1 rings (SSSR count). The lowest BCUT2D eigenvalue weighted by Gasteiger charge is -1.95. The lowest BCUT2D eigenvalue weighted by atomic mass is 10.2. The lowest BCUT2D eigenvalue weighted by molar-refractivity contribution is 0.879. The average Bonchev–Trinajstić information content (AvgIpc) is 2.06. The number of pyridine rings is 1. The minimum absolute atomic E-state index is 0.510. The van der Waals surface area contributed by atoms with Crippen LogP contribution in [0.15, 0.2) is 18.2 Å². The van der Waals surface area contributed by atoms with Gasteiger partial charge >= 0.3 is 0 Å². The zero-order chi connectivity index (χ0) is 8.10. The maximum Gasteiger partial charge on any atom is 0.140 e. The SMILES string of the molecule is CCCc1cccc(C#N)n1. The van der Waals surface area contributed by atoms with Crippen molar-refractivity contribution in [1.29, 1.82) is 5.26 Å². The molecule has 56 valence electrons. The first kappa shape index (κ1) is 7.74. The molecule has 0 saturated carbocycles. The van der Waals surface area contributed by atoms with Crippen LogP contribution >= 0.6 is 0 Å². The van der Waals surface area contributed by atoms with Gasteiger partial charge in [0.1, 0.15) is 11.8 Å². The van der Waals surface area contributed by atoms with Crippen molar-refractivity contribution in [3.63, 3.8) is 0 Å². The van der Waals surface area contributed by atoms with Crippen molar-refractivity contribution in [3.05, 3.63) is 29.6 Å². The maximum atomic E-state index is 8.52. The average molecular weight is 146 g/mol. The molecule has 0 fully saturated rings. The Labute approximate surface area is 66.5 Å². The van der Waals surface area contributed by atoms with Crippen LogP contribution in [0.3, 0.4) is 0 Å². The fourth-order valence-corrected chi connectivity index (χ4v) is 0.937. The van der Waals surface area contributed by atoms with Crippen molar-refractivity contribution in [2.45, 2.75) is 19.8 Å².